The molecule has 1 N–H and O–H groups in total. The standard InChI is InChI=1S/C22H27N3O/c1-2-25-16-18(19-7-3-4-9-21(19)25)15-24-13-10-17(11-14-24)22(26)20-8-5-6-12-23-20/h3-9,12,16-17,22,26H,2,10-11,13-15H2,1H3/t22-/m0/s1. The third-order valence-electron chi connectivity index (χ3n) is 5.68. The molecular formula is C22H27N3O. The minimum absolute atomic E-state index is 0.304. The van der Waals surface area contributed by atoms with E-state index < -0.39 is 6.10 Å². The lowest BCUT2D eigenvalue weighted by Crippen LogP contribution is -2.35. The highest BCUT2D eigenvalue weighted by atomic mass is 16.3. The fourth-order valence-corrected chi connectivity index (χ4v) is 4.17. The summed E-state index contributed by atoms with van der Waals surface area (Å²) < 4.78 is 2.34. The van der Waals surface area contributed by atoms with Gasteiger partial charge < -0.3 is 9.67 Å². The molecule has 0 aliphatic carbocycles. The summed E-state index contributed by atoms with van der Waals surface area (Å²) in [7, 11) is 0. The molecule has 4 rings (SSSR count). The van der Waals surface area contributed by atoms with Crippen molar-refractivity contribution >= 4 is 10.9 Å². The number of hydrogen-bond acceptors (Lipinski definition) is 3. The number of benzene rings is 1. The van der Waals surface area contributed by atoms with E-state index in [-0.39, 0.29) is 0 Å². The highest BCUT2D eigenvalue weighted by Gasteiger charge is 2.27. The fraction of sp³-hybridized carbons (Fsp3) is 0.409. The average molecular weight is 349 g/mol. The lowest BCUT2D eigenvalue weighted by atomic mass is 9.89. The summed E-state index contributed by atoms with van der Waals surface area (Å²) in [5.74, 6) is 0.304. The normalized spacial score (nSPS) is 17.6. The van der Waals surface area contributed by atoms with E-state index in [1.807, 2.05) is 18.2 Å². The molecule has 136 valence electrons. The van der Waals surface area contributed by atoms with Crippen molar-refractivity contribution in [1.29, 1.82) is 0 Å². The SMILES string of the molecule is CCn1cc(CN2CCC([C@H](O)c3ccccn3)CC2)c2ccccc21. The van der Waals surface area contributed by atoms with Gasteiger partial charge in [-0.3, -0.25) is 9.88 Å². The summed E-state index contributed by atoms with van der Waals surface area (Å²) in [5.41, 5.74) is 3.54. The molecule has 2 aromatic heterocycles. The number of aliphatic hydroxyl groups is 1. The Labute approximate surface area is 155 Å². The number of rotatable bonds is 5. The number of aromatic nitrogens is 2. The largest absolute Gasteiger partial charge is 0.387 e. The van der Waals surface area contributed by atoms with Crippen LogP contribution in [0.1, 0.15) is 37.1 Å². The number of hydrogen-bond donors (Lipinski definition) is 1. The van der Waals surface area contributed by atoms with Crippen LogP contribution in [0.5, 0.6) is 0 Å². The van der Waals surface area contributed by atoms with Crippen LogP contribution in [0.25, 0.3) is 10.9 Å². The molecule has 4 heteroatoms. The van der Waals surface area contributed by atoms with Crippen molar-refractivity contribution in [3.05, 3.63) is 66.1 Å². The summed E-state index contributed by atoms with van der Waals surface area (Å²) in [6.45, 7) is 6.24. The van der Waals surface area contributed by atoms with Crippen LogP contribution in [-0.2, 0) is 13.1 Å². The number of likely N-dealkylation sites (tertiary alicyclic amines) is 1. The van der Waals surface area contributed by atoms with Crippen LogP contribution < -0.4 is 0 Å². The first-order valence-corrected chi connectivity index (χ1v) is 9.64. The number of aliphatic hydroxyl groups excluding tert-OH is 1. The monoisotopic (exact) mass is 349 g/mol. The molecule has 3 heterocycles. The zero-order valence-electron chi connectivity index (χ0n) is 15.4. The quantitative estimate of drug-likeness (QED) is 0.757. The number of aryl methyl sites for hydroxylation is 1. The molecule has 0 bridgehead atoms. The summed E-state index contributed by atoms with van der Waals surface area (Å²) >= 11 is 0. The van der Waals surface area contributed by atoms with E-state index in [0.717, 1.165) is 44.7 Å². The van der Waals surface area contributed by atoms with Gasteiger partial charge in [0, 0.05) is 36.4 Å². The molecule has 1 atom stereocenters. The van der Waals surface area contributed by atoms with Gasteiger partial charge in [0.1, 0.15) is 0 Å². The van der Waals surface area contributed by atoms with Gasteiger partial charge in [-0.25, -0.2) is 0 Å². The lowest BCUT2D eigenvalue weighted by Gasteiger charge is -2.34. The second kappa shape index (κ2) is 7.60. The van der Waals surface area contributed by atoms with Crippen molar-refractivity contribution in [2.24, 2.45) is 5.92 Å². The molecule has 1 aromatic carbocycles. The maximum absolute atomic E-state index is 10.6. The van der Waals surface area contributed by atoms with Crippen molar-refractivity contribution < 1.29 is 5.11 Å². The van der Waals surface area contributed by atoms with Gasteiger partial charge in [0.2, 0.25) is 0 Å². The Bertz CT molecular complexity index is 850. The predicted octanol–water partition coefficient (Wildman–Crippen LogP) is 4.00. The van der Waals surface area contributed by atoms with Crippen molar-refractivity contribution in [3.63, 3.8) is 0 Å². The van der Waals surface area contributed by atoms with Crippen molar-refractivity contribution in [3.8, 4) is 0 Å². The molecule has 1 aliphatic heterocycles. The molecule has 0 radical (unpaired) electrons. The number of fused-ring (bicyclic) bond motifs is 1. The second-order valence-corrected chi connectivity index (χ2v) is 7.27. The van der Waals surface area contributed by atoms with Crippen LogP contribution in [0.3, 0.4) is 0 Å². The van der Waals surface area contributed by atoms with E-state index in [0.29, 0.717) is 5.92 Å². The Hall–Kier alpha value is -2.17. The van der Waals surface area contributed by atoms with E-state index in [1.165, 1.54) is 16.5 Å². The summed E-state index contributed by atoms with van der Waals surface area (Å²) in [6.07, 6.45) is 5.66. The second-order valence-electron chi connectivity index (χ2n) is 7.27. The van der Waals surface area contributed by atoms with E-state index in [1.54, 1.807) is 6.20 Å². The molecule has 26 heavy (non-hydrogen) atoms. The summed E-state index contributed by atoms with van der Waals surface area (Å²) in [5, 5.41) is 12.0. The first-order chi connectivity index (χ1) is 12.8. The molecule has 0 amide bonds. The van der Waals surface area contributed by atoms with Crippen LogP contribution in [0.2, 0.25) is 0 Å². The molecule has 0 saturated carbocycles. The molecule has 0 unspecified atom stereocenters. The molecule has 1 fully saturated rings. The lowest BCUT2D eigenvalue weighted by molar-refractivity contribution is 0.0541. The zero-order chi connectivity index (χ0) is 17.9. The summed E-state index contributed by atoms with van der Waals surface area (Å²) in [6, 6.07) is 14.4. The van der Waals surface area contributed by atoms with Gasteiger partial charge in [0.05, 0.1) is 11.8 Å². The minimum Gasteiger partial charge on any atom is -0.387 e. The topological polar surface area (TPSA) is 41.3 Å². The highest BCUT2D eigenvalue weighted by Crippen LogP contribution is 2.31. The number of para-hydroxylation sites is 1. The molecule has 3 aromatic rings. The summed E-state index contributed by atoms with van der Waals surface area (Å²) in [4.78, 5) is 6.84. The Balaban J connectivity index is 1.42. The number of piperidine rings is 1. The minimum atomic E-state index is -0.444. The van der Waals surface area contributed by atoms with Crippen molar-refractivity contribution in [2.45, 2.75) is 39.0 Å². The van der Waals surface area contributed by atoms with E-state index >= 15 is 0 Å². The fourth-order valence-electron chi connectivity index (χ4n) is 4.17. The third kappa shape index (κ3) is 3.39. The Morgan fingerprint density at radius 2 is 1.88 bits per heavy atom. The van der Waals surface area contributed by atoms with Crippen LogP contribution in [0.15, 0.2) is 54.9 Å². The smallest absolute Gasteiger partial charge is 0.0988 e. The Morgan fingerprint density at radius 1 is 1.12 bits per heavy atom. The van der Waals surface area contributed by atoms with E-state index in [4.69, 9.17) is 0 Å². The number of pyridine rings is 1. The van der Waals surface area contributed by atoms with Gasteiger partial charge in [-0.1, -0.05) is 24.3 Å². The van der Waals surface area contributed by atoms with Crippen LogP contribution in [0, 0.1) is 5.92 Å². The van der Waals surface area contributed by atoms with Gasteiger partial charge in [0.15, 0.2) is 0 Å². The van der Waals surface area contributed by atoms with Crippen LogP contribution >= 0.6 is 0 Å². The maximum Gasteiger partial charge on any atom is 0.0988 e. The zero-order valence-corrected chi connectivity index (χ0v) is 15.4. The molecular weight excluding hydrogens is 322 g/mol. The van der Waals surface area contributed by atoms with Crippen molar-refractivity contribution in [1.82, 2.24) is 14.5 Å². The predicted molar refractivity (Wildman–Crippen MR) is 105 cm³/mol. The molecule has 1 aliphatic rings. The third-order valence-corrected chi connectivity index (χ3v) is 5.68. The maximum atomic E-state index is 10.6. The highest BCUT2D eigenvalue weighted by molar-refractivity contribution is 5.83. The van der Waals surface area contributed by atoms with E-state index in [2.05, 4.69) is 51.8 Å². The molecule has 1 saturated heterocycles. The van der Waals surface area contributed by atoms with Gasteiger partial charge in [-0.2, -0.15) is 0 Å². The molecule has 4 nitrogen and oxygen atoms in total. The first kappa shape index (κ1) is 17.3. The first-order valence-electron chi connectivity index (χ1n) is 9.64. The Kier molecular flexibility index (Phi) is 5.05. The van der Waals surface area contributed by atoms with Gasteiger partial charge in [-0.05, 0) is 62.5 Å². The van der Waals surface area contributed by atoms with Gasteiger partial charge in [0.25, 0.3) is 0 Å². The van der Waals surface area contributed by atoms with E-state index in [9.17, 15) is 5.11 Å². The van der Waals surface area contributed by atoms with Gasteiger partial charge >= 0.3 is 0 Å². The number of nitrogens with zero attached hydrogens (tertiary/aromatic N) is 3. The van der Waals surface area contributed by atoms with Crippen LogP contribution in [0.4, 0.5) is 0 Å². The van der Waals surface area contributed by atoms with Gasteiger partial charge in [-0.15, -0.1) is 0 Å². The van der Waals surface area contributed by atoms with Crippen molar-refractivity contribution in [2.75, 3.05) is 13.1 Å². The average Bonchev–Trinajstić information content (AvgIpc) is 3.06. The molecule has 0 spiro atoms. The Morgan fingerprint density at radius 3 is 2.62 bits per heavy atom. The van der Waals surface area contributed by atoms with Crippen LogP contribution in [-0.4, -0.2) is 32.6 Å².